The van der Waals surface area contributed by atoms with E-state index >= 15 is 0 Å². The topological polar surface area (TPSA) is 81.4 Å². The Hall–Kier alpha value is -1.11. The summed E-state index contributed by atoms with van der Waals surface area (Å²) in [7, 11) is -3.67. The average molecular weight is 284 g/mol. The summed E-state index contributed by atoms with van der Waals surface area (Å²) in [5.74, 6) is 0. The van der Waals surface area contributed by atoms with Gasteiger partial charge in [0.1, 0.15) is 0 Å². The fourth-order valence-electron chi connectivity index (χ4n) is 2.36. The van der Waals surface area contributed by atoms with Crippen molar-refractivity contribution in [2.24, 2.45) is 5.14 Å². The molecule has 0 aliphatic carbocycles. The van der Waals surface area contributed by atoms with Crippen LogP contribution in [0.4, 0.5) is 5.69 Å². The van der Waals surface area contributed by atoms with E-state index in [9.17, 15) is 8.42 Å². The van der Waals surface area contributed by atoms with Crippen LogP contribution in [0.25, 0.3) is 0 Å². The number of nitrogens with two attached hydrogens (primary N) is 1. The van der Waals surface area contributed by atoms with Crippen molar-refractivity contribution in [2.45, 2.75) is 43.7 Å². The number of hydrogen-bond acceptors (Lipinski definition) is 4. The normalized spacial score (nSPS) is 24.2. The molecule has 6 heteroatoms. The molecule has 0 radical (unpaired) electrons. The summed E-state index contributed by atoms with van der Waals surface area (Å²) in [5.41, 5.74) is 1.45. The first-order valence-electron chi connectivity index (χ1n) is 6.38. The number of primary sulfonamides is 1. The molecule has 2 atom stereocenters. The highest BCUT2D eigenvalue weighted by molar-refractivity contribution is 7.89. The molecule has 0 saturated carbocycles. The Morgan fingerprint density at radius 1 is 1.42 bits per heavy atom. The number of benzene rings is 1. The fourth-order valence-corrected chi connectivity index (χ4v) is 3.17. The first kappa shape index (κ1) is 14.3. The van der Waals surface area contributed by atoms with Crippen LogP contribution in [0.5, 0.6) is 0 Å². The van der Waals surface area contributed by atoms with Gasteiger partial charge in [-0.3, -0.25) is 0 Å². The van der Waals surface area contributed by atoms with E-state index in [1.54, 1.807) is 19.1 Å². The lowest BCUT2D eigenvalue weighted by Gasteiger charge is -2.28. The van der Waals surface area contributed by atoms with Crippen molar-refractivity contribution in [3.63, 3.8) is 0 Å². The molecule has 106 valence electrons. The molecule has 1 heterocycles. The van der Waals surface area contributed by atoms with Gasteiger partial charge in [-0.15, -0.1) is 0 Å². The second kappa shape index (κ2) is 5.48. The van der Waals surface area contributed by atoms with Gasteiger partial charge >= 0.3 is 0 Å². The second-order valence-corrected chi connectivity index (χ2v) is 6.60. The van der Waals surface area contributed by atoms with Crippen LogP contribution in [0.15, 0.2) is 23.1 Å². The molecule has 5 nitrogen and oxygen atoms in total. The molecular weight excluding hydrogens is 264 g/mol. The third kappa shape index (κ3) is 3.68. The Bertz CT molecular complexity index is 557. The molecule has 1 aromatic rings. The van der Waals surface area contributed by atoms with Crippen LogP contribution in [0.3, 0.4) is 0 Å². The van der Waals surface area contributed by atoms with Crippen LogP contribution < -0.4 is 10.5 Å². The number of nitrogens with one attached hydrogen (secondary N) is 1. The minimum atomic E-state index is -3.67. The molecule has 1 aliphatic rings. The van der Waals surface area contributed by atoms with Gasteiger partial charge in [0.2, 0.25) is 10.0 Å². The summed E-state index contributed by atoms with van der Waals surface area (Å²) >= 11 is 0. The first-order valence-corrected chi connectivity index (χ1v) is 7.92. The molecule has 2 rings (SSSR count). The van der Waals surface area contributed by atoms with E-state index in [2.05, 4.69) is 5.32 Å². The predicted octanol–water partition coefficient (Wildman–Crippen LogP) is 1.62. The van der Waals surface area contributed by atoms with Crippen molar-refractivity contribution < 1.29 is 13.2 Å². The fraction of sp³-hybridized carbons (Fsp3) is 0.538. The third-order valence-corrected chi connectivity index (χ3v) is 4.40. The summed E-state index contributed by atoms with van der Waals surface area (Å²) in [6.07, 6.45) is 2.07. The van der Waals surface area contributed by atoms with Crippen molar-refractivity contribution in [3.8, 4) is 0 Å². The summed E-state index contributed by atoms with van der Waals surface area (Å²) < 4.78 is 28.4. The van der Waals surface area contributed by atoms with E-state index in [0.717, 1.165) is 25.1 Å². The van der Waals surface area contributed by atoms with Gasteiger partial charge in [0.05, 0.1) is 11.0 Å². The van der Waals surface area contributed by atoms with Crippen molar-refractivity contribution in [3.05, 3.63) is 23.8 Å². The van der Waals surface area contributed by atoms with Crippen LogP contribution in [0, 0.1) is 6.92 Å². The molecule has 0 amide bonds. The summed E-state index contributed by atoms with van der Waals surface area (Å²) in [5, 5.41) is 8.56. The quantitative estimate of drug-likeness (QED) is 0.883. The van der Waals surface area contributed by atoms with Crippen molar-refractivity contribution >= 4 is 15.7 Å². The minimum Gasteiger partial charge on any atom is -0.382 e. The van der Waals surface area contributed by atoms with Crippen molar-refractivity contribution in [2.75, 3.05) is 11.9 Å². The molecule has 2 unspecified atom stereocenters. The van der Waals surface area contributed by atoms with E-state index < -0.39 is 10.0 Å². The Labute approximate surface area is 114 Å². The lowest BCUT2D eigenvalue weighted by atomic mass is 10.0. The van der Waals surface area contributed by atoms with E-state index in [4.69, 9.17) is 9.88 Å². The Morgan fingerprint density at radius 2 is 2.16 bits per heavy atom. The maximum Gasteiger partial charge on any atom is 0.238 e. The predicted molar refractivity (Wildman–Crippen MR) is 74.6 cm³/mol. The zero-order valence-corrected chi connectivity index (χ0v) is 12.0. The number of hydrogen-bond donors (Lipinski definition) is 2. The Morgan fingerprint density at radius 3 is 2.79 bits per heavy atom. The number of rotatable bonds is 3. The average Bonchev–Trinajstić information content (AvgIpc) is 2.30. The zero-order valence-electron chi connectivity index (χ0n) is 11.2. The van der Waals surface area contributed by atoms with Crippen LogP contribution in [-0.4, -0.2) is 27.2 Å². The molecule has 0 bridgehead atoms. The standard InChI is InChI=1S/C13H20N2O3S/c1-9-3-4-11(8-13(9)19(14,16)17)15-12-5-6-18-10(2)7-12/h3-4,8,10,12,15H,5-7H2,1-2H3,(H2,14,16,17). The molecule has 1 fully saturated rings. The highest BCUT2D eigenvalue weighted by Crippen LogP contribution is 2.22. The highest BCUT2D eigenvalue weighted by atomic mass is 32.2. The molecule has 19 heavy (non-hydrogen) atoms. The Kier molecular flexibility index (Phi) is 4.13. The third-order valence-electron chi connectivity index (χ3n) is 3.35. The summed E-state index contributed by atoms with van der Waals surface area (Å²) in [6.45, 7) is 4.51. The first-order chi connectivity index (χ1) is 8.86. The minimum absolute atomic E-state index is 0.178. The van der Waals surface area contributed by atoms with Crippen LogP contribution in [0.1, 0.15) is 25.3 Å². The van der Waals surface area contributed by atoms with Gasteiger partial charge < -0.3 is 10.1 Å². The lowest BCUT2D eigenvalue weighted by Crippen LogP contribution is -2.32. The monoisotopic (exact) mass is 284 g/mol. The molecule has 0 spiro atoms. The number of aryl methyl sites for hydroxylation is 1. The smallest absolute Gasteiger partial charge is 0.238 e. The Balaban J connectivity index is 2.17. The maximum atomic E-state index is 11.5. The van der Waals surface area contributed by atoms with Gasteiger partial charge in [-0.25, -0.2) is 13.6 Å². The summed E-state index contributed by atoms with van der Waals surface area (Å²) in [6, 6.07) is 5.56. The maximum absolute atomic E-state index is 11.5. The molecule has 1 saturated heterocycles. The van der Waals surface area contributed by atoms with Gasteiger partial charge in [0, 0.05) is 18.3 Å². The van der Waals surface area contributed by atoms with Gasteiger partial charge in [-0.05, 0) is 44.4 Å². The van der Waals surface area contributed by atoms with Crippen LogP contribution >= 0.6 is 0 Å². The summed E-state index contributed by atoms with van der Waals surface area (Å²) in [4.78, 5) is 0.178. The van der Waals surface area contributed by atoms with Crippen molar-refractivity contribution in [1.29, 1.82) is 0 Å². The highest BCUT2D eigenvalue weighted by Gasteiger charge is 2.20. The largest absolute Gasteiger partial charge is 0.382 e. The molecule has 1 aromatic carbocycles. The van der Waals surface area contributed by atoms with E-state index in [0.29, 0.717) is 11.6 Å². The van der Waals surface area contributed by atoms with Gasteiger partial charge in [-0.1, -0.05) is 6.07 Å². The second-order valence-electron chi connectivity index (χ2n) is 5.07. The number of ether oxygens (including phenoxy) is 1. The molecule has 1 aliphatic heterocycles. The van der Waals surface area contributed by atoms with Gasteiger partial charge in [0.25, 0.3) is 0 Å². The zero-order chi connectivity index (χ0) is 14.0. The van der Waals surface area contributed by atoms with E-state index in [1.807, 2.05) is 13.0 Å². The van der Waals surface area contributed by atoms with Gasteiger partial charge in [-0.2, -0.15) is 0 Å². The van der Waals surface area contributed by atoms with E-state index in [-0.39, 0.29) is 11.0 Å². The van der Waals surface area contributed by atoms with E-state index in [1.165, 1.54) is 0 Å². The SMILES string of the molecule is Cc1ccc(NC2CCOC(C)C2)cc1S(N)(=O)=O. The van der Waals surface area contributed by atoms with Crippen LogP contribution in [0.2, 0.25) is 0 Å². The lowest BCUT2D eigenvalue weighted by molar-refractivity contribution is 0.0232. The van der Waals surface area contributed by atoms with Crippen molar-refractivity contribution in [1.82, 2.24) is 0 Å². The van der Waals surface area contributed by atoms with Gasteiger partial charge in [0.15, 0.2) is 0 Å². The number of sulfonamides is 1. The molecular formula is C13H20N2O3S. The van der Waals surface area contributed by atoms with Crippen LogP contribution in [-0.2, 0) is 14.8 Å². The molecule has 0 aromatic heterocycles. The number of anilines is 1. The molecule has 3 N–H and O–H groups in total.